The van der Waals surface area contributed by atoms with Gasteiger partial charge in [0.25, 0.3) is 0 Å². The van der Waals surface area contributed by atoms with Crippen LogP contribution in [0.2, 0.25) is 5.02 Å². The molecule has 18 heavy (non-hydrogen) atoms. The quantitative estimate of drug-likeness (QED) is 0.828. The molecule has 1 aliphatic rings. The summed E-state index contributed by atoms with van der Waals surface area (Å²) in [5.74, 6) is 0. The number of halogens is 1. The van der Waals surface area contributed by atoms with Crippen molar-refractivity contribution in [2.75, 3.05) is 5.32 Å². The molecular formula is C16H16ClN. The van der Waals surface area contributed by atoms with E-state index in [0.29, 0.717) is 6.04 Å². The van der Waals surface area contributed by atoms with Crippen molar-refractivity contribution >= 4 is 17.3 Å². The highest BCUT2D eigenvalue weighted by atomic mass is 35.5. The van der Waals surface area contributed by atoms with Gasteiger partial charge in [0.2, 0.25) is 0 Å². The standard InChI is InChI=1S/C16H16ClN/c1-2-11-3-5-12(6-4-11)16-10-13-9-14(17)7-8-15(13)18-16/h3-9,16,18H,2,10H2,1H3/t16-/m0/s1. The summed E-state index contributed by atoms with van der Waals surface area (Å²) in [7, 11) is 0. The lowest BCUT2D eigenvalue weighted by atomic mass is 10.0. The van der Waals surface area contributed by atoms with Gasteiger partial charge in [0, 0.05) is 10.7 Å². The van der Waals surface area contributed by atoms with Crippen molar-refractivity contribution in [3.8, 4) is 0 Å². The highest BCUT2D eigenvalue weighted by Crippen LogP contribution is 2.35. The van der Waals surface area contributed by atoms with Gasteiger partial charge in [-0.25, -0.2) is 0 Å². The number of aryl methyl sites for hydroxylation is 1. The molecule has 2 aromatic rings. The third-order valence-corrected chi connectivity index (χ3v) is 3.85. The van der Waals surface area contributed by atoms with Gasteiger partial charge in [-0.1, -0.05) is 42.8 Å². The Hall–Kier alpha value is -1.47. The minimum atomic E-state index is 0.379. The van der Waals surface area contributed by atoms with E-state index >= 15 is 0 Å². The first-order valence-electron chi connectivity index (χ1n) is 6.40. The number of rotatable bonds is 2. The Kier molecular flexibility index (Phi) is 3.00. The monoisotopic (exact) mass is 257 g/mol. The van der Waals surface area contributed by atoms with Crippen molar-refractivity contribution in [2.45, 2.75) is 25.8 Å². The fourth-order valence-electron chi connectivity index (χ4n) is 2.52. The van der Waals surface area contributed by atoms with E-state index in [4.69, 9.17) is 11.6 Å². The fourth-order valence-corrected chi connectivity index (χ4v) is 2.71. The lowest BCUT2D eigenvalue weighted by Crippen LogP contribution is -2.05. The SMILES string of the molecule is CCc1ccc([C@@H]2Cc3cc(Cl)ccc3N2)cc1. The Bertz CT molecular complexity index is 560. The van der Waals surface area contributed by atoms with Crippen LogP contribution in [0.4, 0.5) is 5.69 Å². The van der Waals surface area contributed by atoms with Crippen LogP contribution in [0.25, 0.3) is 0 Å². The van der Waals surface area contributed by atoms with Crippen LogP contribution in [0.15, 0.2) is 42.5 Å². The molecular weight excluding hydrogens is 242 g/mol. The van der Waals surface area contributed by atoms with Gasteiger partial charge in [-0.05, 0) is 47.7 Å². The summed E-state index contributed by atoms with van der Waals surface area (Å²) in [5, 5.41) is 4.37. The summed E-state index contributed by atoms with van der Waals surface area (Å²) in [6, 6.07) is 15.3. The molecule has 0 bridgehead atoms. The van der Waals surface area contributed by atoms with Gasteiger partial charge in [0.1, 0.15) is 0 Å². The smallest absolute Gasteiger partial charge is 0.0555 e. The van der Waals surface area contributed by atoms with Crippen LogP contribution in [0.3, 0.4) is 0 Å². The number of anilines is 1. The molecule has 0 unspecified atom stereocenters. The van der Waals surface area contributed by atoms with Crippen LogP contribution in [-0.2, 0) is 12.8 Å². The van der Waals surface area contributed by atoms with E-state index in [2.05, 4.69) is 48.6 Å². The van der Waals surface area contributed by atoms with Crippen molar-refractivity contribution < 1.29 is 0 Å². The van der Waals surface area contributed by atoms with E-state index in [1.54, 1.807) is 0 Å². The van der Waals surface area contributed by atoms with Crippen LogP contribution in [0.1, 0.15) is 29.7 Å². The van der Waals surface area contributed by atoms with Gasteiger partial charge in [-0.2, -0.15) is 0 Å². The van der Waals surface area contributed by atoms with Gasteiger partial charge in [-0.15, -0.1) is 0 Å². The normalized spacial score (nSPS) is 17.3. The summed E-state index contributed by atoms with van der Waals surface area (Å²) in [6.07, 6.45) is 2.11. The topological polar surface area (TPSA) is 12.0 Å². The molecule has 0 spiro atoms. The molecule has 0 aliphatic carbocycles. The molecule has 2 heteroatoms. The Labute approximate surface area is 113 Å². The van der Waals surface area contributed by atoms with Crippen molar-refractivity contribution in [1.29, 1.82) is 0 Å². The molecule has 1 nitrogen and oxygen atoms in total. The second-order valence-corrected chi connectivity index (χ2v) is 5.23. The minimum absolute atomic E-state index is 0.379. The van der Waals surface area contributed by atoms with Gasteiger partial charge in [0.05, 0.1) is 6.04 Å². The number of benzene rings is 2. The van der Waals surface area contributed by atoms with Gasteiger partial charge in [0.15, 0.2) is 0 Å². The third-order valence-electron chi connectivity index (χ3n) is 3.61. The molecule has 0 fully saturated rings. The first kappa shape index (κ1) is 11.6. The maximum absolute atomic E-state index is 6.03. The van der Waals surface area contributed by atoms with E-state index in [1.807, 2.05) is 6.07 Å². The fraction of sp³-hybridized carbons (Fsp3) is 0.250. The molecule has 1 heterocycles. The van der Waals surface area contributed by atoms with Gasteiger partial charge in [-0.3, -0.25) is 0 Å². The van der Waals surface area contributed by atoms with Crippen molar-refractivity contribution in [3.05, 3.63) is 64.2 Å². The molecule has 3 rings (SSSR count). The number of nitrogens with one attached hydrogen (secondary N) is 1. The Morgan fingerprint density at radius 2 is 1.94 bits per heavy atom. The molecule has 0 saturated heterocycles. The van der Waals surface area contributed by atoms with E-state index in [1.165, 1.54) is 22.4 Å². The van der Waals surface area contributed by atoms with Crippen LogP contribution < -0.4 is 5.32 Å². The summed E-state index contributed by atoms with van der Waals surface area (Å²) in [6.45, 7) is 2.18. The maximum Gasteiger partial charge on any atom is 0.0555 e. The maximum atomic E-state index is 6.03. The third kappa shape index (κ3) is 2.11. The van der Waals surface area contributed by atoms with Crippen LogP contribution in [0, 0.1) is 0 Å². The first-order valence-corrected chi connectivity index (χ1v) is 6.78. The van der Waals surface area contributed by atoms with E-state index < -0.39 is 0 Å². The summed E-state index contributed by atoms with van der Waals surface area (Å²) in [5.41, 5.74) is 5.26. The Morgan fingerprint density at radius 1 is 1.17 bits per heavy atom. The Morgan fingerprint density at radius 3 is 2.67 bits per heavy atom. The largest absolute Gasteiger partial charge is 0.378 e. The predicted octanol–water partition coefficient (Wildman–Crippen LogP) is 4.61. The molecule has 2 aromatic carbocycles. The van der Waals surface area contributed by atoms with Crippen LogP contribution in [-0.4, -0.2) is 0 Å². The molecule has 1 N–H and O–H groups in total. The molecule has 92 valence electrons. The number of hydrogen-bond acceptors (Lipinski definition) is 1. The summed E-state index contributed by atoms with van der Waals surface area (Å²) in [4.78, 5) is 0. The van der Waals surface area contributed by atoms with Crippen LogP contribution in [0.5, 0.6) is 0 Å². The molecule has 0 aromatic heterocycles. The predicted molar refractivity (Wildman–Crippen MR) is 77.3 cm³/mol. The van der Waals surface area contributed by atoms with E-state index in [-0.39, 0.29) is 0 Å². The second-order valence-electron chi connectivity index (χ2n) is 4.80. The first-order chi connectivity index (χ1) is 8.76. The molecule has 1 atom stereocenters. The zero-order valence-corrected chi connectivity index (χ0v) is 11.2. The highest BCUT2D eigenvalue weighted by molar-refractivity contribution is 6.30. The lowest BCUT2D eigenvalue weighted by Gasteiger charge is -2.12. The average Bonchev–Trinajstić information content (AvgIpc) is 2.81. The van der Waals surface area contributed by atoms with Crippen molar-refractivity contribution in [1.82, 2.24) is 0 Å². The average molecular weight is 258 g/mol. The summed E-state index contributed by atoms with van der Waals surface area (Å²) < 4.78 is 0. The molecule has 0 radical (unpaired) electrons. The number of fused-ring (bicyclic) bond motifs is 1. The lowest BCUT2D eigenvalue weighted by molar-refractivity contribution is 0.823. The molecule has 0 saturated carbocycles. The second kappa shape index (κ2) is 4.66. The number of hydrogen-bond donors (Lipinski definition) is 1. The van der Waals surface area contributed by atoms with Gasteiger partial charge >= 0.3 is 0 Å². The van der Waals surface area contributed by atoms with E-state index in [0.717, 1.165) is 17.9 Å². The summed E-state index contributed by atoms with van der Waals surface area (Å²) >= 11 is 6.03. The zero-order chi connectivity index (χ0) is 12.5. The van der Waals surface area contributed by atoms with E-state index in [9.17, 15) is 0 Å². The molecule has 1 aliphatic heterocycles. The Balaban J connectivity index is 1.84. The van der Waals surface area contributed by atoms with Crippen LogP contribution >= 0.6 is 11.6 Å². The van der Waals surface area contributed by atoms with Crippen molar-refractivity contribution in [2.24, 2.45) is 0 Å². The van der Waals surface area contributed by atoms with Gasteiger partial charge < -0.3 is 5.32 Å². The highest BCUT2D eigenvalue weighted by Gasteiger charge is 2.21. The van der Waals surface area contributed by atoms with Crippen molar-refractivity contribution in [3.63, 3.8) is 0 Å². The minimum Gasteiger partial charge on any atom is -0.378 e. The molecule has 0 amide bonds. The zero-order valence-electron chi connectivity index (χ0n) is 10.4.